The molecule has 2 rings (SSSR count). The molecule has 6 heteroatoms. The van der Waals surface area contributed by atoms with Crippen molar-refractivity contribution in [3.63, 3.8) is 0 Å². The van der Waals surface area contributed by atoms with Gasteiger partial charge in [0.05, 0.1) is 5.69 Å². The van der Waals surface area contributed by atoms with Gasteiger partial charge in [-0.1, -0.05) is 32.3 Å². The average Bonchev–Trinajstić information content (AvgIpc) is 2.56. The van der Waals surface area contributed by atoms with E-state index in [1.807, 2.05) is 19.9 Å². The summed E-state index contributed by atoms with van der Waals surface area (Å²) in [5.41, 5.74) is 1.24. The number of rotatable bonds is 7. The van der Waals surface area contributed by atoms with E-state index in [9.17, 15) is 14.7 Å². The van der Waals surface area contributed by atoms with Crippen LogP contribution in [0.3, 0.4) is 0 Å². The molecule has 0 aliphatic heterocycles. The summed E-state index contributed by atoms with van der Waals surface area (Å²) in [4.78, 5) is 30.6. The molecule has 134 valence electrons. The van der Waals surface area contributed by atoms with Crippen molar-refractivity contribution < 1.29 is 5.11 Å². The molecule has 1 aromatic heterocycles. The third-order valence-electron chi connectivity index (χ3n) is 4.23. The van der Waals surface area contributed by atoms with Crippen molar-refractivity contribution in [1.29, 1.82) is 0 Å². The van der Waals surface area contributed by atoms with Crippen LogP contribution in [0.5, 0.6) is 5.88 Å². The van der Waals surface area contributed by atoms with Crippen LogP contribution in [0.15, 0.2) is 32.8 Å². The quantitative estimate of drug-likeness (QED) is 0.598. The molecule has 0 unspecified atom stereocenters. The SMILES string of the molecule is CCCCCCN=Cc1c(O)n(-c2ccc(C)c(C)c2)c(=O)[nH]c1=O. The van der Waals surface area contributed by atoms with Crippen molar-refractivity contribution in [1.82, 2.24) is 9.55 Å². The molecule has 0 radical (unpaired) electrons. The van der Waals surface area contributed by atoms with E-state index in [-0.39, 0.29) is 5.56 Å². The van der Waals surface area contributed by atoms with Gasteiger partial charge >= 0.3 is 5.69 Å². The molecule has 0 fully saturated rings. The highest BCUT2D eigenvalue weighted by Gasteiger charge is 2.14. The Morgan fingerprint density at radius 2 is 1.92 bits per heavy atom. The Morgan fingerprint density at radius 1 is 1.16 bits per heavy atom. The minimum atomic E-state index is -0.675. The molecule has 0 atom stereocenters. The number of H-pyrrole nitrogens is 1. The number of aliphatic imine (C=N–C) groups is 1. The van der Waals surface area contributed by atoms with Gasteiger partial charge in [0.15, 0.2) is 0 Å². The second-order valence-corrected chi connectivity index (χ2v) is 6.20. The lowest BCUT2D eigenvalue weighted by molar-refractivity contribution is 0.430. The molecular formula is C19H25N3O3. The van der Waals surface area contributed by atoms with Crippen LogP contribution in [0.2, 0.25) is 0 Å². The molecule has 2 aromatic rings. The van der Waals surface area contributed by atoms with E-state index in [0.717, 1.165) is 41.4 Å². The Hall–Kier alpha value is -2.63. The standard InChI is InChI=1S/C19H25N3O3/c1-4-5-6-7-10-20-12-16-17(23)21-19(25)22(18(16)24)15-9-8-13(2)14(3)11-15/h8-9,11-12,24H,4-7,10H2,1-3H3,(H,21,23,25). The first-order valence-electron chi connectivity index (χ1n) is 8.61. The summed E-state index contributed by atoms with van der Waals surface area (Å²) in [5.74, 6) is -0.394. The summed E-state index contributed by atoms with van der Waals surface area (Å²) in [6, 6.07) is 5.39. The van der Waals surface area contributed by atoms with Crippen LogP contribution in [0, 0.1) is 13.8 Å². The third kappa shape index (κ3) is 4.47. The topological polar surface area (TPSA) is 87.4 Å². The number of nitrogens with one attached hydrogen (secondary N) is 1. The number of aromatic nitrogens is 2. The molecule has 0 saturated carbocycles. The van der Waals surface area contributed by atoms with Crippen LogP contribution >= 0.6 is 0 Å². The van der Waals surface area contributed by atoms with Gasteiger partial charge in [-0.15, -0.1) is 0 Å². The zero-order chi connectivity index (χ0) is 18.4. The number of hydrogen-bond donors (Lipinski definition) is 2. The Kier molecular flexibility index (Phi) is 6.33. The number of unbranched alkanes of at least 4 members (excludes halogenated alkanes) is 3. The number of hydrogen-bond acceptors (Lipinski definition) is 4. The van der Waals surface area contributed by atoms with Crippen LogP contribution in [-0.4, -0.2) is 27.4 Å². The van der Waals surface area contributed by atoms with Crippen molar-refractivity contribution in [2.45, 2.75) is 46.5 Å². The highest BCUT2D eigenvalue weighted by Crippen LogP contribution is 2.18. The molecular weight excluding hydrogens is 318 g/mol. The van der Waals surface area contributed by atoms with Crippen molar-refractivity contribution in [3.8, 4) is 11.6 Å². The minimum Gasteiger partial charge on any atom is -0.493 e. The van der Waals surface area contributed by atoms with Gasteiger partial charge in [0, 0.05) is 12.8 Å². The number of aryl methyl sites for hydroxylation is 2. The highest BCUT2D eigenvalue weighted by atomic mass is 16.3. The molecule has 6 nitrogen and oxygen atoms in total. The van der Waals surface area contributed by atoms with Crippen molar-refractivity contribution in [2.24, 2.45) is 4.99 Å². The molecule has 2 N–H and O–H groups in total. The summed E-state index contributed by atoms with van der Waals surface area (Å²) in [6.45, 7) is 6.61. The Bertz CT molecular complexity index is 878. The predicted molar refractivity (Wildman–Crippen MR) is 100 cm³/mol. The molecule has 0 bridgehead atoms. The summed E-state index contributed by atoms with van der Waals surface area (Å²) in [5, 5.41) is 10.5. The minimum absolute atomic E-state index is 0.00619. The van der Waals surface area contributed by atoms with Gasteiger partial charge in [0.2, 0.25) is 5.88 Å². The van der Waals surface area contributed by atoms with Crippen LogP contribution in [0.25, 0.3) is 5.69 Å². The second-order valence-electron chi connectivity index (χ2n) is 6.20. The number of benzene rings is 1. The Morgan fingerprint density at radius 3 is 2.60 bits per heavy atom. The van der Waals surface area contributed by atoms with E-state index < -0.39 is 17.1 Å². The van der Waals surface area contributed by atoms with Gasteiger partial charge in [-0.3, -0.25) is 14.8 Å². The van der Waals surface area contributed by atoms with Crippen LogP contribution in [-0.2, 0) is 0 Å². The molecule has 0 aliphatic rings. The van der Waals surface area contributed by atoms with E-state index in [1.165, 1.54) is 6.21 Å². The molecule has 25 heavy (non-hydrogen) atoms. The maximum atomic E-state index is 12.2. The Labute approximate surface area is 146 Å². The average molecular weight is 343 g/mol. The molecule has 0 spiro atoms. The summed E-state index contributed by atoms with van der Waals surface area (Å²) in [6.07, 6.45) is 5.65. The second kappa shape index (κ2) is 8.46. The summed E-state index contributed by atoms with van der Waals surface area (Å²) in [7, 11) is 0. The molecule has 0 saturated heterocycles. The zero-order valence-corrected chi connectivity index (χ0v) is 15.0. The molecule has 0 aliphatic carbocycles. The fourth-order valence-electron chi connectivity index (χ4n) is 2.54. The summed E-state index contributed by atoms with van der Waals surface area (Å²) < 4.78 is 1.09. The maximum Gasteiger partial charge on any atom is 0.335 e. The Balaban J connectivity index is 2.36. The number of nitrogens with zero attached hydrogens (tertiary/aromatic N) is 2. The molecule has 1 aromatic carbocycles. The van der Waals surface area contributed by atoms with E-state index in [1.54, 1.807) is 12.1 Å². The van der Waals surface area contributed by atoms with E-state index in [4.69, 9.17) is 0 Å². The van der Waals surface area contributed by atoms with Gasteiger partial charge in [0.1, 0.15) is 5.56 Å². The fraction of sp³-hybridized carbons (Fsp3) is 0.421. The smallest absolute Gasteiger partial charge is 0.335 e. The van der Waals surface area contributed by atoms with Crippen molar-refractivity contribution >= 4 is 6.21 Å². The predicted octanol–water partition coefficient (Wildman–Crippen LogP) is 2.85. The van der Waals surface area contributed by atoms with Crippen LogP contribution < -0.4 is 11.2 Å². The first-order chi connectivity index (χ1) is 12.0. The number of aromatic hydroxyl groups is 1. The van der Waals surface area contributed by atoms with Gasteiger partial charge in [-0.05, 0) is 43.5 Å². The van der Waals surface area contributed by atoms with E-state index >= 15 is 0 Å². The largest absolute Gasteiger partial charge is 0.493 e. The normalized spacial score (nSPS) is 11.3. The highest BCUT2D eigenvalue weighted by molar-refractivity contribution is 5.82. The lowest BCUT2D eigenvalue weighted by atomic mass is 10.1. The maximum absolute atomic E-state index is 12.2. The zero-order valence-electron chi connectivity index (χ0n) is 15.0. The van der Waals surface area contributed by atoms with Gasteiger partial charge < -0.3 is 5.11 Å². The van der Waals surface area contributed by atoms with Crippen molar-refractivity contribution in [3.05, 3.63) is 55.7 Å². The van der Waals surface area contributed by atoms with Gasteiger partial charge in [0.25, 0.3) is 5.56 Å². The van der Waals surface area contributed by atoms with Crippen molar-refractivity contribution in [2.75, 3.05) is 6.54 Å². The molecule has 0 amide bonds. The third-order valence-corrected chi connectivity index (χ3v) is 4.23. The van der Waals surface area contributed by atoms with Gasteiger partial charge in [-0.25, -0.2) is 9.36 Å². The van der Waals surface area contributed by atoms with E-state index in [2.05, 4.69) is 16.9 Å². The lowest BCUT2D eigenvalue weighted by Gasteiger charge is -2.11. The monoisotopic (exact) mass is 343 g/mol. The molecule has 1 heterocycles. The first-order valence-corrected chi connectivity index (χ1v) is 8.61. The summed E-state index contributed by atoms with van der Waals surface area (Å²) >= 11 is 0. The fourth-order valence-corrected chi connectivity index (χ4v) is 2.54. The first kappa shape index (κ1) is 18.7. The number of aromatic amines is 1. The van der Waals surface area contributed by atoms with Crippen LogP contribution in [0.4, 0.5) is 0 Å². The van der Waals surface area contributed by atoms with E-state index in [0.29, 0.717) is 12.2 Å². The van der Waals surface area contributed by atoms with Crippen LogP contribution in [0.1, 0.15) is 49.3 Å². The lowest BCUT2D eigenvalue weighted by Crippen LogP contribution is -2.31. The van der Waals surface area contributed by atoms with Gasteiger partial charge in [-0.2, -0.15) is 0 Å².